The second kappa shape index (κ2) is 7.33. The van der Waals surface area contributed by atoms with Gasteiger partial charge in [-0.2, -0.15) is 13.2 Å². The first-order valence-corrected chi connectivity index (χ1v) is 9.62. The Morgan fingerprint density at radius 3 is 2.65 bits per heavy atom. The topological polar surface area (TPSA) is 83.2 Å². The van der Waals surface area contributed by atoms with Gasteiger partial charge in [-0.3, -0.25) is 4.79 Å². The summed E-state index contributed by atoms with van der Waals surface area (Å²) < 4.78 is 46.2. The number of nitrogens with one attached hydrogen (secondary N) is 3. The quantitative estimate of drug-likeness (QED) is 0.545. The lowest BCUT2D eigenvalue weighted by Crippen LogP contribution is -2.53. The highest BCUT2D eigenvalue weighted by molar-refractivity contribution is 6.01. The Morgan fingerprint density at radius 2 is 1.90 bits per heavy atom. The first-order valence-electron chi connectivity index (χ1n) is 9.62. The number of aryl methyl sites for hydroxylation is 1. The van der Waals surface area contributed by atoms with Crippen molar-refractivity contribution < 1.29 is 22.7 Å². The Labute approximate surface area is 175 Å². The molecule has 0 aliphatic carbocycles. The Morgan fingerprint density at radius 1 is 1.16 bits per heavy atom. The number of anilines is 1. The van der Waals surface area contributed by atoms with Crippen molar-refractivity contribution in [2.24, 2.45) is 0 Å². The van der Waals surface area contributed by atoms with Gasteiger partial charge in [0.15, 0.2) is 0 Å². The third-order valence-electron chi connectivity index (χ3n) is 5.48. The molecular weight excluding hydrogens is 411 g/mol. The molecular formula is C22H20F3N3O3. The Bertz CT molecular complexity index is 1220. The summed E-state index contributed by atoms with van der Waals surface area (Å²) in [6.07, 6.45) is -5.09. The van der Waals surface area contributed by atoms with E-state index in [2.05, 4.69) is 15.6 Å². The third kappa shape index (κ3) is 3.83. The molecule has 1 aromatic heterocycles. The van der Waals surface area contributed by atoms with Crippen molar-refractivity contribution in [3.8, 4) is 5.75 Å². The number of amides is 2. The normalized spacial score (nSPS) is 20.6. The van der Waals surface area contributed by atoms with Gasteiger partial charge in [0.1, 0.15) is 5.75 Å². The van der Waals surface area contributed by atoms with Crippen molar-refractivity contribution in [2.45, 2.75) is 38.1 Å². The monoisotopic (exact) mass is 431 g/mol. The molecule has 6 nitrogen and oxygen atoms in total. The number of pyridine rings is 1. The average Bonchev–Trinajstić information content (AvgIpc) is 2.69. The number of H-pyrrole nitrogens is 1. The molecule has 2 atom stereocenters. The molecule has 9 heteroatoms. The van der Waals surface area contributed by atoms with E-state index in [9.17, 15) is 22.8 Å². The largest absolute Gasteiger partial charge is 0.478 e. The van der Waals surface area contributed by atoms with Gasteiger partial charge in [-0.25, -0.2) is 4.79 Å². The summed E-state index contributed by atoms with van der Waals surface area (Å²) in [5, 5.41) is 5.99. The zero-order valence-electron chi connectivity index (χ0n) is 16.8. The van der Waals surface area contributed by atoms with Gasteiger partial charge in [0.05, 0.1) is 17.2 Å². The molecule has 3 N–H and O–H groups in total. The maximum absolute atomic E-state index is 13.7. The number of carbonyl (C=O) groups is 1. The molecule has 0 spiro atoms. The van der Waals surface area contributed by atoms with Crippen LogP contribution in [0.4, 0.5) is 23.7 Å². The van der Waals surface area contributed by atoms with Gasteiger partial charge >= 0.3 is 12.2 Å². The summed E-state index contributed by atoms with van der Waals surface area (Å²) in [5.41, 5.74) is -0.508. The molecule has 2 aromatic carbocycles. The summed E-state index contributed by atoms with van der Waals surface area (Å²) in [4.78, 5) is 27.0. The molecule has 3 aromatic rings. The number of urea groups is 1. The predicted octanol–water partition coefficient (Wildman–Crippen LogP) is 4.80. The van der Waals surface area contributed by atoms with E-state index < -0.39 is 30.3 Å². The number of halogens is 3. The van der Waals surface area contributed by atoms with Gasteiger partial charge in [0, 0.05) is 23.4 Å². The number of aromatic nitrogens is 1. The summed E-state index contributed by atoms with van der Waals surface area (Å²) in [6, 6.07) is 11.2. The molecule has 0 radical (unpaired) electrons. The lowest BCUT2D eigenvalue weighted by molar-refractivity contribution is -0.249. The third-order valence-corrected chi connectivity index (χ3v) is 5.48. The molecule has 0 saturated heterocycles. The number of aromatic amines is 1. The summed E-state index contributed by atoms with van der Waals surface area (Å²) >= 11 is 0. The van der Waals surface area contributed by atoms with Crippen LogP contribution in [0.25, 0.3) is 10.9 Å². The van der Waals surface area contributed by atoms with E-state index in [1.165, 1.54) is 12.1 Å². The number of carbonyl (C=O) groups excluding carboxylic acids is 1. The second-order valence-electron chi connectivity index (χ2n) is 7.76. The van der Waals surface area contributed by atoms with Gasteiger partial charge < -0.3 is 20.4 Å². The Hall–Kier alpha value is -3.49. The number of rotatable bonds is 2. The number of hydrogen-bond donors (Lipinski definition) is 3. The fraction of sp³-hybridized carbons (Fsp3) is 0.273. The van der Waals surface area contributed by atoms with Gasteiger partial charge in [-0.05, 0) is 37.6 Å². The van der Waals surface area contributed by atoms with Crippen LogP contribution < -0.4 is 20.9 Å². The van der Waals surface area contributed by atoms with Crippen molar-refractivity contribution in [3.63, 3.8) is 0 Å². The molecule has 162 valence electrons. The van der Waals surface area contributed by atoms with Crippen molar-refractivity contribution in [2.75, 3.05) is 5.32 Å². The van der Waals surface area contributed by atoms with Gasteiger partial charge in [0.2, 0.25) is 11.2 Å². The minimum Gasteiger partial charge on any atom is -0.478 e. The fourth-order valence-electron chi connectivity index (χ4n) is 3.77. The van der Waals surface area contributed by atoms with Crippen LogP contribution in [0.1, 0.15) is 30.5 Å². The van der Waals surface area contributed by atoms with Crippen LogP contribution in [-0.4, -0.2) is 22.8 Å². The van der Waals surface area contributed by atoms with Crippen LogP contribution in [-0.2, 0) is 0 Å². The minimum absolute atomic E-state index is 0.0813. The van der Waals surface area contributed by atoms with E-state index in [0.717, 1.165) is 12.5 Å². The van der Waals surface area contributed by atoms with Crippen LogP contribution in [0.3, 0.4) is 0 Å². The Balaban J connectivity index is 1.64. The molecule has 0 saturated carbocycles. The molecule has 0 unspecified atom stereocenters. The lowest BCUT2D eigenvalue weighted by atomic mass is 9.88. The molecule has 4 rings (SSSR count). The van der Waals surface area contributed by atoms with Crippen LogP contribution in [0.5, 0.6) is 5.75 Å². The fourth-order valence-corrected chi connectivity index (χ4v) is 3.77. The first kappa shape index (κ1) is 20.8. The highest BCUT2D eigenvalue weighted by atomic mass is 19.4. The van der Waals surface area contributed by atoms with Crippen molar-refractivity contribution in [1.82, 2.24) is 10.3 Å². The van der Waals surface area contributed by atoms with E-state index in [1.807, 2.05) is 0 Å². The predicted molar refractivity (Wildman–Crippen MR) is 110 cm³/mol. The van der Waals surface area contributed by atoms with E-state index in [4.69, 9.17) is 4.74 Å². The summed E-state index contributed by atoms with van der Waals surface area (Å²) in [6.45, 7) is 2.76. The molecule has 31 heavy (non-hydrogen) atoms. The van der Waals surface area contributed by atoms with Gasteiger partial charge in [0.25, 0.3) is 0 Å². The molecule has 1 aliphatic rings. The number of benzene rings is 2. The van der Waals surface area contributed by atoms with E-state index >= 15 is 0 Å². The molecule has 2 heterocycles. The molecule has 0 bridgehead atoms. The van der Waals surface area contributed by atoms with Crippen LogP contribution in [0.2, 0.25) is 0 Å². The highest BCUT2D eigenvalue weighted by Gasteiger charge is 2.57. The van der Waals surface area contributed by atoms with Crippen molar-refractivity contribution in [3.05, 3.63) is 70.0 Å². The van der Waals surface area contributed by atoms with E-state index in [1.54, 1.807) is 43.3 Å². The average molecular weight is 431 g/mol. The highest BCUT2D eigenvalue weighted by Crippen LogP contribution is 2.46. The molecule has 2 amide bonds. The van der Waals surface area contributed by atoms with Gasteiger partial charge in [-0.1, -0.05) is 24.3 Å². The minimum atomic E-state index is -4.62. The number of fused-ring (bicyclic) bond motifs is 2. The summed E-state index contributed by atoms with van der Waals surface area (Å²) in [5.74, 6) is 0.0813. The van der Waals surface area contributed by atoms with Crippen LogP contribution in [0, 0.1) is 6.92 Å². The SMILES string of the molecule is Cc1ccc2[nH]c(=O)ccc2c1NC(=O)N[C@@H]1C[C@@](C)(C(F)(F)F)Oc2ccccc21. The number of hydrogen-bond acceptors (Lipinski definition) is 3. The van der Waals surface area contributed by atoms with Crippen LogP contribution >= 0.6 is 0 Å². The molecule has 0 fully saturated rings. The van der Waals surface area contributed by atoms with Crippen molar-refractivity contribution >= 4 is 22.6 Å². The maximum Gasteiger partial charge on any atom is 0.428 e. The van der Waals surface area contributed by atoms with E-state index in [-0.39, 0.29) is 11.3 Å². The molecule has 1 aliphatic heterocycles. The maximum atomic E-state index is 13.7. The Kier molecular flexibility index (Phi) is 4.91. The van der Waals surface area contributed by atoms with Gasteiger partial charge in [-0.15, -0.1) is 0 Å². The van der Waals surface area contributed by atoms with E-state index in [0.29, 0.717) is 22.2 Å². The number of para-hydroxylation sites is 1. The zero-order chi connectivity index (χ0) is 22.4. The first-order chi connectivity index (χ1) is 14.6. The number of alkyl halides is 3. The summed E-state index contributed by atoms with van der Waals surface area (Å²) in [7, 11) is 0. The zero-order valence-corrected chi connectivity index (χ0v) is 16.8. The second-order valence-corrected chi connectivity index (χ2v) is 7.76. The standard InChI is InChI=1S/C22H20F3N3O3/c1-12-7-9-15-14(8-10-18(29)26-15)19(12)28-20(30)27-16-11-21(2,22(23,24)25)31-17-6-4-3-5-13(16)17/h3-10,16H,11H2,1-2H3,(H,26,29)(H2,27,28,30)/t16-,21+/m1/s1. The van der Waals surface area contributed by atoms with Crippen LogP contribution in [0.15, 0.2) is 53.3 Å². The number of ether oxygens (including phenoxy) is 1. The van der Waals surface area contributed by atoms with Crippen molar-refractivity contribution in [1.29, 1.82) is 0 Å². The lowest BCUT2D eigenvalue weighted by Gasteiger charge is -2.40. The smallest absolute Gasteiger partial charge is 0.428 e.